The van der Waals surface area contributed by atoms with Crippen molar-refractivity contribution in [1.82, 2.24) is 15.3 Å². The monoisotopic (exact) mass is 419 g/mol. The Labute approximate surface area is 182 Å². The molecule has 2 aromatic carbocycles. The number of anilines is 2. The van der Waals surface area contributed by atoms with Gasteiger partial charge in [0.15, 0.2) is 5.11 Å². The van der Waals surface area contributed by atoms with Crippen molar-refractivity contribution in [3.63, 3.8) is 0 Å². The Balaban J connectivity index is 1.51. The van der Waals surface area contributed by atoms with Crippen LogP contribution in [0.15, 0.2) is 66.7 Å². The molecule has 1 atom stereocenters. The van der Waals surface area contributed by atoms with Crippen LogP contribution in [0.2, 0.25) is 0 Å². The van der Waals surface area contributed by atoms with E-state index in [9.17, 15) is 0 Å². The van der Waals surface area contributed by atoms with Gasteiger partial charge in [0.05, 0.1) is 6.04 Å². The summed E-state index contributed by atoms with van der Waals surface area (Å²) in [6, 6.07) is 21.7. The highest BCUT2D eigenvalue weighted by Crippen LogP contribution is 2.26. The maximum absolute atomic E-state index is 5.97. The lowest BCUT2D eigenvalue weighted by atomic mass is 10.1. The third-order valence-electron chi connectivity index (χ3n) is 4.96. The average molecular weight is 420 g/mol. The van der Waals surface area contributed by atoms with E-state index in [1.54, 1.807) is 0 Å². The van der Waals surface area contributed by atoms with Gasteiger partial charge in [-0.1, -0.05) is 48.5 Å². The summed E-state index contributed by atoms with van der Waals surface area (Å²) < 4.78 is 5.97. The van der Waals surface area contributed by atoms with Crippen molar-refractivity contribution in [3.8, 4) is 11.6 Å². The smallest absolute Gasteiger partial charge is 0.234 e. The molecule has 0 saturated carbocycles. The summed E-state index contributed by atoms with van der Waals surface area (Å²) in [4.78, 5) is 11.4. The Morgan fingerprint density at radius 2 is 1.67 bits per heavy atom. The van der Waals surface area contributed by atoms with Gasteiger partial charge in [0.2, 0.25) is 11.8 Å². The number of ether oxygens (including phenoxy) is 1. The van der Waals surface area contributed by atoms with Crippen molar-refractivity contribution in [3.05, 3.63) is 72.3 Å². The molecule has 2 N–H and O–H groups in total. The van der Waals surface area contributed by atoms with Crippen LogP contribution in [0.5, 0.6) is 11.6 Å². The van der Waals surface area contributed by atoms with Gasteiger partial charge >= 0.3 is 0 Å². The van der Waals surface area contributed by atoms with Gasteiger partial charge in [0.25, 0.3) is 0 Å². The second-order valence-corrected chi connectivity index (χ2v) is 7.64. The molecule has 1 aliphatic heterocycles. The van der Waals surface area contributed by atoms with Crippen molar-refractivity contribution < 1.29 is 4.74 Å². The zero-order valence-corrected chi connectivity index (χ0v) is 17.7. The molecule has 0 amide bonds. The molecule has 1 unspecified atom stereocenters. The molecule has 154 valence electrons. The summed E-state index contributed by atoms with van der Waals surface area (Å²) in [5, 5.41) is 6.88. The van der Waals surface area contributed by atoms with Crippen molar-refractivity contribution in [1.29, 1.82) is 0 Å². The van der Waals surface area contributed by atoms with Gasteiger partial charge in [-0.25, -0.2) is 0 Å². The van der Waals surface area contributed by atoms with Gasteiger partial charge in [0, 0.05) is 19.2 Å². The first-order chi connectivity index (χ1) is 14.7. The Morgan fingerprint density at radius 1 is 1.00 bits per heavy atom. The van der Waals surface area contributed by atoms with Gasteiger partial charge < -0.3 is 20.3 Å². The number of aromatic nitrogens is 2. The predicted molar refractivity (Wildman–Crippen MR) is 124 cm³/mol. The fraction of sp³-hybridized carbons (Fsp3) is 0.261. The van der Waals surface area contributed by atoms with E-state index in [2.05, 4.69) is 44.6 Å². The molecule has 3 aromatic rings. The third kappa shape index (κ3) is 5.24. The minimum atomic E-state index is 0.0630. The van der Waals surface area contributed by atoms with Gasteiger partial charge in [-0.15, -0.1) is 0 Å². The molecule has 0 bridgehead atoms. The second kappa shape index (κ2) is 9.54. The van der Waals surface area contributed by atoms with E-state index in [0.717, 1.165) is 43.1 Å². The van der Waals surface area contributed by atoms with Crippen LogP contribution in [0.3, 0.4) is 0 Å². The minimum absolute atomic E-state index is 0.0630. The SMILES string of the molecule is CC(NC(=S)Nc1nc(Oc2ccccc2)cc(N2CCCC2)n1)c1ccccc1. The van der Waals surface area contributed by atoms with Gasteiger partial charge in [-0.05, 0) is 49.7 Å². The molecule has 4 rings (SSSR count). The first kappa shape index (κ1) is 20.1. The summed E-state index contributed by atoms with van der Waals surface area (Å²) in [6.07, 6.45) is 2.33. The van der Waals surface area contributed by atoms with Crippen molar-refractivity contribution in [2.24, 2.45) is 0 Å². The fourth-order valence-electron chi connectivity index (χ4n) is 3.40. The summed E-state index contributed by atoms with van der Waals surface area (Å²) in [5.74, 6) is 2.48. The normalized spacial score (nSPS) is 14.2. The quantitative estimate of drug-likeness (QED) is 0.550. The molecule has 2 heterocycles. The van der Waals surface area contributed by atoms with E-state index >= 15 is 0 Å². The average Bonchev–Trinajstić information content (AvgIpc) is 3.30. The molecule has 1 fully saturated rings. The lowest BCUT2D eigenvalue weighted by molar-refractivity contribution is 0.462. The molecular formula is C23H25N5OS. The Bertz CT molecular complexity index is 977. The molecule has 1 saturated heterocycles. The second-order valence-electron chi connectivity index (χ2n) is 7.23. The minimum Gasteiger partial charge on any atom is -0.439 e. The first-order valence-electron chi connectivity index (χ1n) is 10.2. The number of thiocarbonyl (C=S) groups is 1. The highest BCUT2D eigenvalue weighted by molar-refractivity contribution is 7.80. The first-order valence-corrected chi connectivity index (χ1v) is 10.6. The van der Waals surface area contributed by atoms with Crippen LogP contribution >= 0.6 is 12.2 Å². The van der Waals surface area contributed by atoms with Gasteiger partial charge in [-0.3, -0.25) is 0 Å². The number of hydrogen-bond donors (Lipinski definition) is 2. The van der Waals surface area contributed by atoms with Gasteiger partial charge in [-0.2, -0.15) is 9.97 Å². The van der Waals surface area contributed by atoms with E-state index in [1.165, 1.54) is 0 Å². The van der Waals surface area contributed by atoms with Crippen LogP contribution in [-0.2, 0) is 0 Å². The van der Waals surface area contributed by atoms with Crippen LogP contribution in [0, 0.1) is 0 Å². The number of hydrogen-bond acceptors (Lipinski definition) is 5. The Morgan fingerprint density at radius 3 is 2.37 bits per heavy atom. The van der Waals surface area contributed by atoms with Crippen LogP contribution in [0.1, 0.15) is 31.4 Å². The molecule has 0 aliphatic carbocycles. The highest BCUT2D eigenvalue weighted by Gasteiger charge is 2.17. The van der Waals surface area contributed by atoms with Crippen LogP contribution in [0.25, 0.3) is 0 Å². The molecule has 1 aromatic heterocycles. The zero-order chi connectivity index (χ0) is 20.8. The van der Waals surface area contributed by atoms with Crippen LogP contribution < -0.4 is 20.3 Å². The fourth-order valence-corrected chi connectivity index (χ4v) is 3.67. The molecule has 30 heavy (non-hydrogen) atoms. The van der Waals surface area contributed by atoms with Crippen LogP contribution in [0.4, 0.5) is 11.8 Å². The lowest BCUT2D eigenvalue weighted by Crippen LogP contribution is -2.31. The number of benzene rings is 2. The van der Waals surface area contributed by atoms with E-state index < -0.39 is 0 Å². The van der Waals surface area contributed by atoms with Gasteiger partial charge in [0.1, 0.15) is 11.6 Å². The summed E-state index contributed by atoms with van der Waals surface area (Å²) >= 11 is 5.51. The lowest BCUT2D eigenvalue weighted by Gasteiger charge is -2.20. The summed E-state index contributed by atoms with van der Waals surface area (Å²) in [7, 11) is 0. The molecule has 1 aliphatic rings. The van der Waals surface area contributed by atoms with Crippen molar-refractivity contribution >= 4 is 29.1 Å². The third-order valence-corrected chi connectivity index (χ3v) is 5.18. The van der Waals surface area contributed by atoms with E-state index in [-0.39, 0.29) is 6.04 Å². The van der Waals surface area contributed by atoms with Crippen molar-refractivity contribution in [2.75, 3.05) is 23.3 Å². The predicted octanol–water partition coefficient (Wildman–Crippen LogP) is 4.92. The largest absolute Gasteiger partial charge is 0.439 e. The number of nitrogens with zero attached hydrogens (tertiary/aromatic N) is 3. The molecule has 7 heteroatoms. The van der Waals surface area contributed by atoms with Crippen molar-refractivity contribution in [2.45, 2.75) is 25.8 Å². The maximum atomic E-state index is 5.97. The molecule has 6 nitrogen and oxygen atoms in total. The maximum Gasteiger partial charge on any atom is 0.234 e. The molecule has 0 spiro atoms. The Hall–Kier alpha value is -3.19. The highest BCUT2D eigenvalue weighted by atomic mass is 32.1. The number of para-hydroxylation sites is 1. The summed E-state index contributed by atoms with van der Waals surface area (Å²) in [5.41, 5.74) is 1.15. The topological polar surface area (TPSA) is 62.3 Å². The number of rotatable bonds is 6. The van der Waals surface area contributed by atoms with E-state index in [1.807, 2.05) is 54.6 Å². The standard InChI is InChI=1S/C23H25N5OS/c1-17(18-10-4-2-5-11-18)24-23(30)27-22-25-20(28-14-8-9-15-28)16-21(26-22)29-19-12-6-3-7-13-19/h2-7,10-13,16-17H,8-9,14-15H2,1H3,(H2,24,25,26,27,30). The van der Waals surface area contributed by atoms with Crippen LogP contribution in [-0.4, -0.2) is 28.2 Å². The zero-order valence-electron chi connectivity index (χ0n) is 16.9. The molecular weight excluding hydrogens is 394 g/mol. The summed E-state index contributed by atoms with van der Waals surface area (Å²) in [6.45, 7) is 4.03. The number of nitrogens with one attached hydrogen (secondary N) is 2. The van der Waals surface area contributed by atoms with E-state index in [0.29, 0.717) is 16.9 Å². The Kier molecular flexibility index (Phi) is 6.39. The van der Waals surface area contributed by atoms with E-state index in [4.69, 9.17) is 17.0 Å². The molecule has 0 radical (unpaired) electrons.